The Morgan fingerprint density at radius 3 is 2.65 bits per heavy atom. The van der Waals surface area contributed by atoms with Crippen LogP contribution < -0.4 is 14.8 Å². The van der Waals surface area contributed by atoms with E-state index >= 15 is 0 Å². The summed E-state index contributed by atoms with van der Waals surface area (Å²) in [5.74, 6) is 0.998. The molecule has 0 radical (unpaired) electrons. The predicted molar refractivity (Wildman–Crippen MR) is 146 cm³/mol. The Morgan fingerprint density at radius 1 is 1.23 bits per heavy atom. The number of ether oxygens (including phenoxy) is 2. The molecule has 0 aliphatic rings. The van der Waals surface area contributed by atoms with Gasteiger partial charge >= 0.3 is 12.2 Å². The third-order valence-electron chi connectivity index (χ3n) is 6.34. The van der Waals surface area contributed by atoms with Crippen LogP contribution in [-0.4, -0.2) is 63.0 Å². The number of methoxy groups -OCH3 is 1. The van der Waals surface area contributed by atoms with Crippen molar-refractivity contribution < 1.29 is 27.4 Å². The average molecular weight is 561 g/mol. The summed E-state index contributed by atoms with van der Waals surface area (Å²) in [7, 11) is 1.52. The minimum absolute atomic E-state index is 0.221. The van der Waals surface area contributed by atoms with Gasteiger partial charge in [-0.25, -0.2) is 14.3 Å². The summed E-state index contributed by atoms with van der Waals surface area (Å²) in [5.41, 5.74) is 2.26. The highest BCUT2D eigenvalue weighted by Crippen LogP contribution is 2.34. The van der Waals surface area contributed by atoms with Crippen molar-refractivity contribution in [2.45, 2.75) is 57.8 Å². The Kier molecular flexibility index (Phi) is 10.5. The number of fused-ring (bicyclic) bond motifs is 1. The minimum Gasteiger partial charge on any atom is -0.494 e. The fourth-order valence-corrected chi connectivity index (χ4v) is 4.23. The van der Waals surface area contributed by atoms with Gasteiger partial charge in [-0.1, -0.05) is 12.2 Å². The number of amides is 2. The van der Waals surface area contributed by atoms with Crippen molar-refractivity contribution >= 4 is 11.7 Å². The SMILES string of the molecule is C=CCCOc1cc(-c2cc([C@@H](C)N(CC)C(=O)N[C@H](CC=C)CCC(F)(F)F)ncc2OC)nn2ccnc12. The molecule has 3 rings (SSSR count). The van der Waals surface area contributed by atoms with Crippen LogP contribution in [0.3, 0.4) is 0 Å². The summed E-state index contributed by atoms with van der Waals surface area (Å²) in [6.45, 7) is 11.6. The molecule has 0 aliphatic heterocycles. The Labute approximate surface area is 231 Å². The van der Waals surface area contributed by atoms with E-state index in [-0.39, 0.29) is 12.8 Å². The van der Waals surface area contributed by atoms with Crippen LogP contribution in [0.5, 0.6) is 11.5 Å². The first kappa shape index (κ1) is 30.5. The molecule has 2 amide bonds. The molecule has 216 valence electrons. The van der Waals surface area contributed by atoms with Gasteiger partial charge in [0.05, 0.1) is 37.3 Å². The number of carbonyl (C=O) groups is 1. The number of hydrogen-bond acceptors (Lipinski definition) is 6. The number of imidazole rings is 1. The zero-order valence-electron chi connectivity index (χ0n) is 22.9. The normalized spacial score (nSPS) is 12.9. The van der Waals surface area contributed by atoms with Crippen LogP contribution in [0.1, 0.15) is 51.3 Å². The van der Waals surface area contributed by atoms with Gasteiger partial charge in [0.25, 0.3) is 0 Å². The van der Waals surface area contributed by atoms with Crippen molar-refractivity contribution in [3.8, 4) is 22.8 Å². The molecule has 0 unspecified atom stereocenters. The van der Waals surface area contributed by atoms with E-state index in [2.05, 4.69) is 33.5 Å². The van der Waals surface area contributed by atoms with Crippen LogP contribution in [0.15, 0.2) is 56.0 Å². The van der Waals surface area contributed by atoms with Crippen LogP contribution in [0.4, 0.5) is 18.0 Å². The lowest BCUT2D eigenvalue weighted by Crippen LogP contribution is -2.46. The zero-order valence-corrected chi connectivity index (χ0v) is 22.9. The Balaban J connectivity index is 1.91. The first-order valence-electron chi connectivity index (χ1n) is 13.0. The maximum atomic E-state index is 13.2. The summed E-state index contributed by atoms with van der Waals surface area (Å²) < 4.78 is 51.5. The molecule has 0 aliphatic carbocycles. The topological polar surface area (TPSA) is 93.9 Å². The minimum atomic E-state index is -4.31. The highest BCUT2D eigenvalue weighted by Gasteiger charge is 2.30. The summed E-state index contributed by atoms with van der Waals surface area (Å²) >= 11 is 0. The largest absolute Gasteiger partial charge is 0.494 e. The number of halogens is 3. The van der Waals surface area contributed by atoms with Gasteiger partial charge < -0.3 is 19.7 Å². The van der Waals surface area contributed by atoms with Crippen molar-refractivity contribution in [2.24, 2.45) is 0 Å². The number of rotatable bonds is 14. The second-order valence-electron chi connectivity index (χ2n) is 9.11. The molecule has 0 saturated heterocycles. The number of carbonyl (C=O) groups excluding carboxylic acids is 1. The third kappa shape index (κ3) is 7.73. The van der Waals surface area contributed by atoms with Gasteiger partial charge in [0, 0.05) is 43.0 Å². The molecule has 0 saturated carbocycles. The fourth-order valence-electron chi connectivity index (χ4n) is 4.23. The van der Waals surface area contributed by atoms with E-state index in [1.54, 1.807) is 55.2 Å². The van der Waals surface area contributed by atoms with E-state index in [9.17, 15) is 18.0 Å². The number of urea groups is 1. The second-order valence-corrected chi connectivity index (χ2v) is 9.11. The molecule has 40 heavy (non-hydrogen) atoms. The molecule has 0 spiro atoms. The average Bonchev–Trinajstić information content (AvgIpc) is 3.40. The van der Waals surface area contributed by atoms with Crippen molar-refractivity contribution in [1.29, 1.82) is 0 Å². The highest BCUT2D eigenvalue weighted by molar-refractivity contribution is 5.75. The number of hydrogen-bond donors (Lipinski definition) is 1. The van der Waals surface area contributed by atoms with E-state index in [0.717, 1.165) is 0 Å². The zero-order chi connectivity index (χ0) is 29.3. The first-order valence-corrected chi connectivity index (χ1v) is 13.0. The van der Waals surface area contributed by atoms with Crippen molar-refractivity contribution in [3.05, 3.63) is 61.7 Å². The standard InChI is InChI=1S/C28H35F3N6O3/c1-6-9-15-40-24-17-23(35-37-14-13-32-26(24)37)21-16-22(33-18-25(21)39-5)19(4)36(8-3)27(38)34-20(10-7-2)11-12-28(29,30)31/h6-7,13-14,16-20H,1-2,8-12,15H2,3-5H3,(H,34,38)/t19-,20-/m1/s1. The van der Waals surface area contributed by atoms with E-state index in [1.165, 1.54) is 18.1 Å². The summed E-state index contributed by atoms with van der Waals surface area (Å²) in [5, 5.41) is 7.38. The van der Waals surface area contributed by atoms with E-state index in [4.69, 9.17) is 9.47 Å². The van der Waals surface area contributed by atoms with Crippen molar-refractivity contribution in [1.82, 2.24) is 29.8 Å². The van der Waals surface area contributed by atoms with Gasteiger partial charge in [0.2, 0.25) is 0 Å². The van der Waals surface area contributed by atoms with Crippen LogP contribution in [0.25, 0.3) is 16.9 Å². The summed E-state index contributed by atoms with van der Waals surface area (Å²) in [6, 6.07) is 1.85. The van der Waals surface area contributed by atoms with E-state index in [1.807, 2.05) is 0 Å². The molecule has 0 fully saturated rings. The lowest BCUT2D eigenvalue weighted by atomic mass is 10.1. The monoisotopic (exact) mass is 560 g/mol. The maximum Gasteiger partial charge on any atom is 0.389 e. The smallest absolute Gasteiger partial charge is 0.389 e. The summed E-state index contributed by atoms with van der Waals surface area (Å²) in [4.78, 5) is 23.5. The molecule has 0 aromatic carbocycles. The van der Waals surface area contributed by atoms with E-state index < -0.39 is 30.7 Å². The molecule has 3 aromatic heterocycles. The van der Waals surface area contributed by atoms with Crippen molar-refractivity contribution in [3.63, 3.8) is 0 Å². The van der Waals surface area contributed by atoms with Crippen LogP contribution in [0, 0.1) is 0 Å². The first-order chi connectivity index (χ1) is 19.1. The van der Waals surface area contributed by atoms with Gasteiger partial charge in [-0.3, -0.25) is 4.98 Å². The lowest BCUT2D eigenvalue weighted by molar-refractivity contribution is -0.136. The number of nitrogens with zero attached hydrogens (tertiary/aromatic N) is 5. The van der Waals surface area contributed by atoms with Crippen molar-refractivity contribution in [2.75, 3.05) is 20.3 Å². The Hall–Kier alpha value is -4.09. The van der Waals surface area contributed by atoms with Crippen LogP contribution in [0.2, 0.25) is 0 Å². The summed E-state index contributed by atoms with van der Waals surface area (Å²) in [6.07, 6.45) is 3.47. The number of nitrogens with one attached hydrogen (secondary N) is 1. The van der Waals surface area contributed by atoms with Gasteiger partial charge in [-0.2, -0.15) is 18.3 Å². The molecule has 2 atom stereocenters. The van der Waals surface area contributed by atoms with Gasteiger partial charge in [-0.05, 0) is 39.2 Å². The molecule has 0 bridgehead atoms. The molecular weight excluding hydrogens is 525 g/mol. The number of pyridine rings is 1. The molecule has 12 heteroatoms. The Morgan fingerprint density at radius 2 is 2.00 bits per heavy atom. The van der Waals surface area contributed by atoms with Crippen LogP contribution >= 0.6 is 0 Å². The quantitative estimate of drug-likeness (QED) is 0.188. The fraction of sp³-hybridized carbons (Fsp3) is 0.429. The van der Waals surface area contributed by atoms with E-state index in [0.29, 0.717) is 53.7 Å². The molecule has 3 aromatic rings. The van der Waals surface area contributed by atoms with Gasteiger partial charge in [0.15, 0.2) is 11.4 Å². The maximum absolute atomic E-state index is 13.2. The Bertz CT molecular complexity index is 1310. The molecule has 3 heterocycles. The lowest BCUT2D eigenvalue weighted by Gasteiger charge is -2.30. The molecule has 9 nitrogen and oxygen atoms in total. The van der Waals surface area contributed by atoms with Gasteiger partial charge in [0.1, 0.15) is 5.75 Å². The van der Waals surface area contributed by atoms with Crippen LogP contribution in [-0.2, 0) is 0 Å². The predicted octanol–water partition coefficient (Wildman–Crippen LogP) is 6.13. The second kappa shape index (κ2) is 13.8. The number of alkyl halides is 3. The molecule has 1 N–H and O–H groups in total. The highest BCUT2D eigenvalue weighted by atomic mass is 19.4. The third-order valence-corrected chi connectivity index (χ3v) is 6.34. The van der Waals surface area contributed by atoms with Gasteiger partial charge in [-0.15, -0.1) is 13.2 Å². The number of aromatic nitrogens is 4. The molecular formula is C28H35F3N6O3.